The van der Waals surface area contributed by atoms with Gasteiger partial charge in [0.1, 0.15) is 0 Å². The van der Waals surface area contributed by atoms with Gasteiger partial charge in [0.15, 0.2) is 0 Å². The predicted octanol–water partition coefficient (Wildman–Crippen LogP) is 3.54. The first-order chi connectivity index (χ1) is 10.8. The molecule has 0 aliphatic carbocycles. The van der Waals surface area contributed by atoms with Crippen LogP contribution in [0.5, 0.6) is 0 Å². The third-order valence-corrected chi connectivity index (χ3v) is 3.27. The van der Waals surface area contributed by atoms with Crippen molar-refractivity contribution in [1.29, 1.82) is 0 Å². The molecule has 0 aromatic carbocycles. The van der Waals surface area contributed by atoms with Crippen LogP contribution in [-0.2, 0) is 9.47 Å². The van der Waals surface area contributed by atoms with Gasteiger partial charge in [-0.15, -0.1) is 0 Å². The zero-order valence-corrected chi connectivity index (χ0v) is 16.6. The monoisotopic (exact) mass is 355 g/mol. The summed E-state index contributed by atoms with van der Waals surface area (Å²) >= 11 is 0. The SMILES string of the molecule is CC(OC(C)(C)C)C(CO)CF.CC(OC(C)(C)C)C(CO)C[18F]. The summed E-state index contributed by atoms with van der Waals surface area (Å²) in [6, 6.07) is 0. The van der Waals surface area contributed by atoms with Crippen molar-refractivity contribution in [2.45, 2.75) is 78.8 Å². The first-order valence-corrected chi connectivity index (χ1v) is 8.50. The van der Waals surface area contributed by atoms with Gasteiger partial charge in [-0.2, -0.15) is 0 Å². The molecule has 0 spiro atoms. The summed E-state index contributed by atoms with van der Waals surface area (Å²) in [5.74, 6) is -0.798. The van der Waals surface area contributed by atoms with Gasteiger partial charge in [-0.3, -0.25) is 8.78 Å². The molecule has 2 N–H and O–H groups in total. The van der Waals surface area contributed by atoms with Gasteiger partial charge in [0.2, 0.25) is 0 Å². The molecule has 0 aromatic rings. The zero-order chi connectivity index (χ0) is 19.6. The second-order valence-corrected chi connectivity index (χ2v) is 8.06. The Kier molecular flexibility index (Phi) is 13.1. The Hall–Kier alpha value is -0.300. The van der Waals surface area contributed by atoms with Crippen LogP contribution in [0.2, 0.25) is 0 Å². The van der Waals surface area contributed by atoms with Crippen LogP contribution in [-0.4, -0.2) is 60.2 Å². The summed E-state index contributed by atoms with van der Waals surface area (Å²) in [6.07, 6.45) is -0.472. The van der Waals surface area contributed by atoms with E-state index in [0.29, 0.717) is 0 Å². The molecule has 0 radical (unpaired) electrons. The normalized spacial score (nSPS) is 17.5. The van der Waals surface area contributed by atoms with E-state index in [4.69, 9.17) is 19.7 Å². The lowest BCUT2D eigenvalue weighted by atomic mass is 10.1. The highest BCUT2D eigenvalue weighted by molar-refractivity contribution is 4.70. The number of aliphatic hydroxyl groups is 2. The smallest absolute Gasteiger partial charge is 0.0969 e. The Morgan fingerprint density at radius 2 is 0.958 bits per heavy atom. The van der Waals surface area contributed by atoms with E-state index in [1.165, 1.54) is 0 Å². The molecular weight excluding hydrogens is 317 g/mol. The second kappa shape index (κ2) is 12.1. The van der Waals surface area contributed by atoms with Gasteiger partial charge in [-0.25, -0.2) is 0 Å². The highest BCUT2D eigenvalue weighted by Crippen LogP contribution is 2.17. The number of rotatable bonds is 8. The van der Waals surface area contributed by atoms with Crippen molar-refractivity contribution in [3.63, 3.8) is 0 Å². The molecule has 0 rings (SSSR count). The number of aliphatic hydroxyl groups excluding tert-OH is 2. The summed E-state index contributed by atoms with van der Waals surface area (Å²) in [5.41, 5.74) is -0.552. The summed E-state index contributed by atoms with van der Waals surface area (Å²) in [7, 11) is 0. The summed E-state index contributed by atoms with van der Waals surface area (Å²) in [5, 5.41) is 17.5. The zero-order valence-electron chi connectivity index (χ0n) is 16.6. The van der Waals surface area contributed by atoms with Crippen molar-refractivity contribution in [3.05, 3.63) is 0 Å². The first-order valence-electron chi connectivity index (χ1n) is 8.50. The van der Waals surface area contributed by atoms with E-state index in [1.54, 1.807) is 13.8 Å². The Morgan fingerprint density at radius 3 is 1.08 bits per heavy atom. The van der Waals surface area contributed by atoms with Crippen molar-refractivity contribution < 1.29 is 28.5 Å². The summed E-state index contributed by atoms with van der Waals surface area (Å²) in [4.78, 5) is 0. The van der Waals surface area contributed by atoms with E-state index in [-0.39, 0.29) is 36.6 Å². The van der Waals surface area contributed by atoms with Gasteiger partial charge < -0.3 is 19.7 Å². The van der Waals surface area contributed by atoms with Gasteiger partial charge in [0.05, 0.1) is 50.0 Å². The molecule has 6 heteroatoms. The van der Waals surface area contributed by atoms with Crippen LogP contribution >= 0.6 is 0 Å². The first kappa shape index (κ1) is 25.9. The lowest BCUT2D eigenvalue weighted by Gasteiger charge is -2.28. The van der Waals surface area contributed by atoms with Crippen LogP contribution in [0.3, 0.4) is 0 Å². The average Bonchev–Trinajstić information content (AvgIpc) is 2.38. The molecule has 4 unspecified atom stereocenters. The largest absolute Gasteiger partial charge is 0.396 e. The fourth-order valence-electron chi connectivity index (χ4n) is 1.95. The average molecular weight is 355 g/mol. The fourth-order valence-corrected chi connectivity index (χ4v) is 1.95. The third-order valence-electron chi connectivity index (χ3n) is 3.27. The van der Waals surface area contributed by atoms with E-state index in [9.17, 15) is 8.78 Å². The van der Waals surface area contributed by atoms with Gasteiger partial charge in [0, 0.05) is 11.8 Å². The Labute approximate surface area is 146 Å². The molecular formula is C18H38F2O4. The second-order valence-electron chi connectivity index (χ2n) is 8.06. The summed E-state index contributed by atoms with van der Waals surface area (Å²) in [6.45, 7) is 13.7. The minimum atomic E-state index is -0.534. The number of halogens is 2. The van der Waals surface area contributed by atoms with Crippen LogP contribution in [0.15, 0.2) is 0 Å². The van der Waals surface area contributed by atoms with Gasteiger partial charge in [0.25, 0.3) is 0 Å². The maximum Gasteiger partial charge on any atom is 0.0969 e. The highest BCUT2D eigenvalue weighted by Gasteiger charge is 2.23. The van der Waals surface area contributed by atoms with E-state index in [0.717, 1.165) is 0 Å². The van der Waals surface area contributed by atoms with Gasteiger partial charge in [-0.1, -0.05) is 0 Å². The van der Waals surface area contributed by atoms with Crippen LogP contribution < -0.4 is 0 Å². The molecule has 0 amide bonds. The fraction of sp³-hybridized carbons (Fsp3) is 1.00. The van der Waals surface area contributed by atoms with E-state index in [2.05, 4.69) is 0 Å². The van der Waals surface area contributed by atoms with Gasteiger partial charge >= 0.3 is 0 Å². The maximum absolute atomic E-state index is 12.2. The van der Waals surface area contributed by atoms with Crippen LogP contribution in [0.25, 0.3) is 0 Å². The summed E-state index contributed by atoms with van der Waals surface area (Å²) < 4.78 is 35.5. The van der Waals surface area contributed by atoms with E-state index < -0.39 is 25.2 Å². The van der Waals surface area contributed by atoms with Crippen molar-refractivity contribution in [3.8, 4) is 0 Å². The molecule has 0 aliphatic heterocycles. The van der Waals surface area contributed by atoms with E-state index in [1.807, 2.05) is 41.5 Å². The van der Waals surface area contributed by atoms with Crippen molar-refractivity contribution in [2.24, 2.45) is 11.8 Å². The number of ether oxygens (including phenoxy) is 2. The Bertz CT molecular complexity index is 262. The van der Waals surface area contributed by atoms with Crippen LogP contribution in [0.4, 0.5) is 8.78 Å². The number of alkyl halides is 2. The van der Waals surface area contributed by atoms with Crippen LogP contribution in [0, 0.1) is 11.8 Å². The van der Waals surface area contributed by atoms with Crippen molar-refractivity contribution >= 4 is 0 Å². The van der Waals surface area contributed by atoms with Crippen LogP contribution in [0.1, 0.15) is 55.4 Å². The molecule has 0 aromatic heterocycles. The molecule has 0 saturated carbocycles. The third kappa shape index (κ3) is 14.1. The molecule has 0 aliphatic rings. The Balaban J connectivity index is 0. The lowest BCUT2D eigenvalue weighted by molar-refractivity contribution is -0.0883. The molecule has 0 heterocycles. The lowest BCUT2D eigenvalue weighted by Crippen LogP contribution is -2.33. The van der Waals surface area contributed by atoms with E-state index >= 15 is 0 Å². The quantitative estimate of drug-likeness (QED) is 0.699. The highest BCUT2D eigenvalue weighted by atomic mass is 19.1. The maximum atomic E-state index is 12.2. The Morgan fingerprint density at radius 1 is 0.708 bits per heavy atom. The van der Waals surface area contributed by atoms with Crippen molar-refractivity contribution in [1.82, 2.24) is 0 Å². The molecule has 148 valence electrons. The molecule has 24 heavy (non-hydrogen) atoms. The number of hydrogen-bond donors (Lipinski definition) is 2. The molecule has 0 saturated heterocycles. The molecule has 4 nitrogen and oxygen atoms in total. The molecule has 0 bridgehead atoms. The minimum Gasteiger partial charge on any atom is -0.396 e. The minimum absolute atomic E-state index is 0.159. The topological polar surface area (TPSA) is 58.9 Å². The standard InChI is InChI=1S/2C9H19FO2/c2*1-7(8(5-10)6-11)12-9(2,3)4/h2*7-8,11H,5-6H2,1-4H3/i10-1;. The molecule has 4 atom stereocenters. The van der Waals surface area contributed by atoms with Gasteiger partial charge in [-0.05, 0) is 55.4 Å². The van der Waals surface area contributed by atoms with Crippen molar-refractivity contribution in [2.75, 3.05) is 26.6 Å². The predicted molar refractivity (Wildman–Crippen MR) is 93.7 cm³/mol. The molecule has 0 fully saturated rings. The number of hydrogen-bond acceptors (Lipinski definition) is 4.